The fraction of sp³-hybridized carbons (Fsp3) is 0.273. The van der Waals surface area contributed by atoms with Gasteiger partial charge in [0.25, 0.3) is 0 Å². The van der Waals surface area contributed by atoms with Gasteiger partial charge < -0.3 is 20.3 Å². The van der Waals surface area contributed by atoms with E-state index < -0.39 is 11.6 Å². The molecule has 0 saturated carbocycles. The number of aromatic nitrogens is 3. The first kappa shape index (κ1) is 22.7. The van der Waals surface area contributed by atoms with E-state index >= 15 is 0 Å². The third-order valence-corrected chi connectivity index (χ3v) is 5.32. The predicted octanol–water partition coefficient (Wildman–Crippen LogP) is 4.55. The van der Waals surface area contributed by atoms with Gasteiger partial charge in [-0.2, -0.15) is 4.98 Å². The number of benzene rings is 2. The Morgan fingerprint density at radius 3 is 2.64 bits per heavy atom. The molecule has 0 unspecified atom stereocenters. The molecule has 8 nitrogen and oxygen atoms in total. The molecule has 2 aromatic carbocycles. The molecule has 0 atom stereocenters. The van der Waals surface area contributed by atoms with Crippen LogP contribution in [0.3, 0.4) is 0 Å². The number of amides is 1. The molecule has 1 aliphatic rings. The van der Waals surface area contributed by atoms with E-state index in [0.29, 0.717) is 43.3 Å². The standard InChI is InChI=1S/C22H21ClF2N6O2/c1-13(32)28-20-10-14(2-5-18(20)24)29-21-26-12-27-22(30-21)31-8-6-15(7-9-31)33-16-3-4-17(23)19(25)11-16/h2-5,10-12,15H,6-9H2,1H3,(H,28,32)(H,26,27,29,30). The third-order valence-electron chi connectivity index (χ3n) is 5.01. The van der Waals surface area contributed by atoms with Crippen LogP contribution in [0.4, 0.5) is 32.1 Å². The summed E-state index contributed by atoms with van der Waals surface area (Å²) in [6.07, 6.45) is 2.74. The molecule has 0 radical (unpaired) electrons. The lowest BCUT2D eigenvalue weighted by Crippen LogP contribution is -2.39. The van der Waals surface area contributed by atoms with Crippen molar-refractivity contribution in [1.29, 1.82) is 0 Å². The minimum absolute atomic E-state index is 0.0587. The Bertz CT molecular complexity index is 1160. The molecule has 1 fully saturated rings. The van der Waals surface area contributed by atoms with Gasteiger partial charge in [-0.25, -0.2) is 18.7 Å². The molecule has 0 spiro atoms. The summed E-state index contributed by atoms with van der Waals surface area (Å²) in [6.45, 7) is 2.60. The summed E-state index contributed by atoms with van der Waals surface area (Å²) in [6, 6.07) is 8.63. The van der Waals surface area contributed by atoms with Crippen molar-refractivity contribution in [3.63, 3.8) is 0 Å². The van der Waals surface area contributed by atoms with E-state index in [9.17, 15) is 13.6 Å². The van der Waals surface area contributed by atoms with Crippen LogP contribution < -0.4 is 20.3 Å². The number of rotatable bonds is 6. The molecule has 0 aliphatic carbocycles. The molecule has 1 amide bonds. The lowest BCUT2D eigenvalue weighted by atomic mass is 10.1. The molecule has 3 aromatic rings. The van der Waals surface area contributed by atoms with Gasteiger partial charge in [-0.3, -0.25) is 4.79 Å². The second-order valence-corrected chi connectivity index (χ2v) is 7.90. The van der Waals surface area contributed by atoms with E-state index in [1.54, 1.807) is 6.07 Å². The van der Waals surface area contributed by atoms with Gasteiger partial charge in [0.05, 0.1) is 10.7 Å². The number of nitrogens with one attached hydrogen (secondary N) is 2. The van der Waals surface area contributed by atoms with Gasteiger partial charge >= 0.3 is 0 Å². The second-order valence-electron chi connectivity index (χ2n) is 7.49. The summed E-state index contributed by atoms with van der Waals surface area (Å²) in [4.78, 5) is 26.0. The fourth-order valence-electron chi connectivity index (χ4n) is 3.43. The Labute approximate surface area is 194 Å². The zero-order chi connectivity index (χ0) is 23.4. The van der Waals surface area contributed by atoms with Crippen molar-refractivity contribution in [3.8, 4) is 5.75 Å². The highest BCUT2D eigenvalue weighted by Crippen LogP contribution is 2.26. The first-order valence-corrected chi connectivity index (χ1v) is 10.6. The van der Waals surface area contributed by atoms with E-state index in [0.717, 1.165) is 0 Å². The normalized spacial score (nSPS) is 14.1. The van der Waals surface area contributed by atoms with Crippen LogP contribution in [0.25, 0.3) is 0 Å². The fourth-order valence-corrected chi connectivity index (χ4v) is 3.55. The van der Waals surface area contributed by atoms with Crippen LogP contribution in [0.5, 0.6) is 5.75 Å². The molecule has 2 heterocycles. The van der Waals surface area contributed by atoms with E-state index in [-0.39, 0.29) is 28.7 Å². The Hall–Kier alpha value is -3.53. The molecule has 172 valence electrons. The van der Waals surface area contributed by atoms with Gasteiger partial charge in [-0.05, 0) is 30.3 Å². The van der Waals surface area contributed by atoms with E-state index in [2.05, 4.69) is 25.6 Å². The highest BCUT2D eigenvalue weighted by atomic mass is 35.5. The van der Waals surface area contributed by atoms with E-state index in [4.69, 9.17) is 16.3 Å². The number of halogens is 3. The maximum Gasteiger partial charge on any atom is 0.231 e. The third kappa shape index (κ3) is 5.83. The van der Waals surface area contributed by atoms with Crippen LogP contribution in [0.2, 0.25) is 5.02 Å². The van der Waals surface area contributed by atoms with E-state index in [1.807, 2.05) is 4.90 Å². The number of anilines is 4. The maximum absolute atomic E-state index is 13.9. The number of hydrogen-bond donors (Lipinski definition) is 2. The topological polar surface area (TPSA) is 92.3 Å². The quantitative estimate of drug-likeness (QED) is 0.541. The smallest absolute Gasteiger partial charge is 0.231 e. The number of ether oxygens (including phenoxy) is 1. The first-order chi connectivity index (χ1) is 15.9. The van der Waals surface area contributed by atoms with Crippen LogP contribution in [0.1, 0.15) is 19.8 Å². The Morgan fingerprint density at radius 2 is 1.91 bits per heavy atom. The molecule has 4 rings (SSSR count). The van der Waals surface area contributed by atoms with E-state index in [1.165, 1.54) is 43.6 Å². The van der Waals surface area contributed by atoms with Crippen LogP contribution in [-0.2, 0) is 4.79 Å². The number of carbonyl (C=O) groups excluding carboxylic acids is 1. The molecule has 1 aromatic heterocycles. The van der Waals surface area contributed by atoms with Gasteiger partial charge in [-0.15, -0.1) is 0 Å². The molecular weight excluding hydrogens is 454 g/mol. The van der Waals surface area contributed by atoms with Crippen LogP contribution in [0.15, 0.2) is 42.7 Å². The zero-order valence-corrected chi connectivity index (χ0v) is 18.4. The molecule has 1 saturated heterocycles. The molecular formula is C22H21ClF2N6O2. The van der Waals surface area contributed by atoms with Crippen molar-refractivity contribution < 1.29 is 18.3 Å². The monoisotopic (exact) mass is 474 g/mol. The van der Waals surface area contributed by atoms with Crippen LogP contribution in [0, 0.1) is 11.6 Å². The van der Waals surface area contributed by atoms with Crippen molar-refractivity contribution in [1.82, 2.24) is 15.0 Å². The Balaban J connectivity index is 1.37. The SMILES string of the molecule is CC(=O)Nc1cc(Nc2ncnc(N3CCC(Oc4ccc(Cl)c(F)c4)CC3)n2)ccc1F. The summed E-state index contributed by atoms with van der Waals surface area (Å²) in [5.41, 5.74) is 0.573. The number of piperidine rings is 1. The Morgan fingerprint density at radius 1 is 1.12 bits per heavy atom. The van der Waals surface area contributed by atoms with Crippen LogP contribution >= 0.6 is 11.6 Å². The largest absolute Gasteiger partial charge is 0.490 e. The number of carbonyl (C=O) groups is 1. The van der Waals surface area contributed by atoms with Gasteiger partial charge in [-0.1, -0.05) is 11.6 Å². The summed E-state index contributed by atoms with van der Waals surface area (Å²) < 4.78 is 33.4. The van der Waals surface area contributed by atoms with Gasteiger partial charge in [0.15, 0.2) is 0 Å². The van der Waals surface area contributed by atoms with Crippen molar-refractivity contribution in [3.05, 3.63) is 59.4 Å². The Kier molecular flexibility index (Phi) is 6.83. The lowest BCUT2D eigenvalue weighted by Gasteiger charge is -2.32. The van der Waals surface area contributed by atoms with Crippen molar-refractivity contribution in [2.45, 2.75) is 25.9 Å². The summed E-state index contributed by atoms with van der Waals surface area (Å²) in [5.74, 6) is -0.203. The molecule has 33 heavy (non-hydrogen) atoms. The highest BCUT2D eigenvalue weighted by Gasteiger charge is 2.23. The molecule has 2 N–H and O–H groups in total. The maximum atomic E-state index is 13.9. The van der Waals surface area contributed by atoms with Gasteiger partial charge in [0.1, 0.15) is 29.8 Å². The highest BCUT2D eigenvalue weighted by molar-refractivity contribution is 6.30. The second kappa shape index (κ2) is 9.95. The molecule has 11 heteroatoms. The minimum Gasteiger partial charge on any atom is -0.490 e. The number of hydrogen-bond acceptors (Lipinski definition) is 7. The predicted molar refractivity (Wildman–Crippen MR) is 121 cm³/mol. The molecule has 1 aliphatic heterocycles. The zero-order valence-electron chi connectivity index (χ0n) is 17.7. The molecule has 0 bridgehead atoms. The van der Waals surface area contributed by atoms with Gasteiger partial charge in [0.2, 0.25) is 17.8 Å². The summed E-state index contributed by atoms with van der Waals surface area (Å²) in [5, 5.41) is 5.49. The summed E-state index contributed by atoms with van der Waals surface area (Å²) in [7, 11) is 0. The van der Waals surface area contributed by atoms with Crippen molar-refractivity contribution in [2.24, 2.45) is 0 Å². The van der Waals surface area contributed by atoms with Crippen molar-refractivity contribution in [2.75, 3.05) is 28.6 Å². The van der Waals surface area contributed by atoms with Gasteiger partial charge in [0, 0.05) is 44.6 Å². The minimum atomic E-state index is -0.543. The van der Waals surface area contributed by atoms with Crippen molar-refractivity contribution >= 4 is 40.8 Å². The first-order valence-electron chi connectivity index (χ1n) is 10.3. The average Bonchev–Trinajstić information content (AvgIpc) is 2.79. The lowest BCUT2D eigenvalue weighted by molar-refractivity contribution is -0.114. The summed E-state index contributed by atoms with van der Waals surface area (Å²) >= 11 is 5.71. The number of nitrogens with zero attached hydrogens (tertiary/aromatic N) is 4. The average molecular weight is 475 g/mol. The van der Waals surface area contributed by atoms with Crippen LogP contribution in [-0.4, -0.2) is 40.1 Å².